The first-order valence-electron chi connectivity index (χ1n) is 9.57. The van der Waals surface area contributed by atoms with Crippen molar-refractivity contribution >= 4 is 5.65 Å². The quantitative estimate of drug-likeness (QED) is 0.470. The molecule has 0 spiro atoms. The molecule has 4 rings (SSSR count). The Hall–Kier alpha value is -4.00. The number of pyridine rings is 1. The Morgan fingerprint density at radius 2 is 1.29 bits per heavy atom. The van der Waals surface area contributed by atoms with Gasteiger partial charge in [-0.15, -0.1) is 0 Å². The average Bonchev–Trinajstić information content (AvgIpc) is 2.83. The lowest BCUT2D eigenvalue weighted by Gasteiger charge is -2.15. The number of methoxy groups -OCH3 is 4. The normalized spacial score (nSPS) is 10.7. The first kappa shape index (κ1) is 20.3. The molecule has 0 aliphatic rings. The van der Waals surface area contributed by atoms with Crippen LogP contribution in [-0.2, 0) is 0 Å². The van der Waals surface area contributed by atoms with Crippen molar-refractivity contribution < 1.29 is 18.9 Å². The van der Waals surface area contributed by atoms with Crippen molar-refractivity contribution in [3.05, 3.63) is 71.1 Å². The van der Waals surface area contributed by atoms with Crippen LogP contribution in [0.15, 0.2) is 65.6 Å². The summed E-state index contributed by atoms with van der Waals surface area (Å²) in [5, 5.41) is 0. The molecule has 0 saturated heterocycles. The lowest BCUT2D eigenvalue weighted by atomic mass is 9.99. The second-order valence-corrected chi connectivity index (χ2v) is 6.71. The number of benzene rings is 2. The SMILES string of the molecule is COc1ccc(-c2nc3ccccn3c(=O)c2-c2ccc(OC)c(OC)c2)cc1OC. The molecule has 0 N–H and O–H groups in total. The molecule has 0 atom stereocenters. The molecule has 0 saturated carbocycles. The lowest BCUT2D eigenvalue weighted by molar-refractivity contribution is 0.355. The molecular formula is C24H22N2O5. The van der Waals surface area contributed by atoms with Gasteiger partial charge in [0, 0.05) is 11.8 Å². The molecule has 0 fully saturated rings. The van der Waals surface area contributed by atoms with Crippen LogP contribution in [0.4, 0.5) is 0 Å². The standard InChI is InChI=1S/C24H22N2O5/c1-28-17-10-8-15(13-19(17)30-3)22-23(16-9-11-18(29-2)20(14-16)31-4)25-21-7-5-6-12-26(21)24(22)27/h5-14H,1-4H3. The van der Waals surface area contributed by atoms with Crippen molar-refractivity contribution in [2.75, 3.05) is 28.4 Å². The number of nitrogens with zero attached hydrogens (tertiary/aromatic N) is 2. The number of ether oxygens (including phenoxy) is 4. The van der Waals surface area contributed by atoms with E-state index in [2.05, 4.69) is 0 Å². The van der Waals surface area contributed by atoms with Gasteiger partial charge in [-0.05, 0) is 48.0 Å². The fourth-order valence-corrected chi connectivity index (χ4v) is 3.53. The highest BCUT2D eigenvalue weighted by molar-refractivity contribution is 5.83. The van der Waals surface area contributed by atoms with Gasteiger partial charge in [-0.2, -0.15) is 0 Å². The second kappa shape index (κ2) is 8.39. The number of aromatic nitrogens is 2. The highest BCUT2D eigenvalue weighted by atomic mass is 16.5. The van der Waals surface area contributed by atoms with Crippen LogP contribution < -0.4 is 24.5 Å². The predicted molar refractivity (Wildman–Crippen MR) is 119 cm³/mol. The van der Waals surface area contributed by atoms with Crippen LogP contribution in [0.25, 0.3) is 28.0 Å². The summed E-state index contributed by atoms with van der Waals surface area (Å²) in [6.45, 7) is 0. The number of hydrogen-bond donors (Lipinski definition) is 0. The Morgan fingerprint density at radius 3 is 1.90 bits per heavy atom. The van der Waals surface area contributed by atoms with Crippen LogP contribution in [0, 0.1) is 0 Å². The smallest absolute Gasteiger partial charge is 0.266 e. The third kappa shape index (κ3) is 3.54. The molecule has 0 bridgehead atoms. The van der Waals surface area contributed by atoms with Gasteiger partial charge in [-0.1, -0.05) is 12.1 Å². The van der Waals surface area contributed by atoms with E-state index >= 15 is 0 Å². The summed E-state index contributed by atoms with van der Waals surface area (Å²) < 4.78 is 23.1. The first-order chi connectivity index (χ1) is 15.1. The maximum absolute atomic E-state index is 13.5. The van der Waals surface area contributed by atoms with Crippen LogP contribution in [0.1, 0.15) is 0 Å². The van der Waals surface area contributed by atoms with Crippen LogP contribution in [-0.4, -0.2) is 37.8 Å². The third-order valence-electron chi connectivity index (χ3n) is 5.06. The van der Waals surface area contributed by atoms with E-state index in [9.17, 15) is 4.79 Å². The molecule has 0 unspecified atom stereocenters. The van der Waals surface area contributed by atoms with Crippen molar-refractivity contribution in [2.45, 2.75) is 0 Å². The maximum atomic E-state index is 13.5. The van der Waals surface area contributed by atoms with E-state index in [-0.39, 0.29) is 5.56 Å². The second-order valence-electron chi connectivity index (χ2n) is 6.71. The molecule has 0 amide bonds. The molecule has 2 aromatic heterocycles. The molecule has 0 radical (unpaired) electrons. The summed E-state index contributed by atoms with van der Waals surface area (Å²) in [5.74, 6) is 2.24. The highest BCUT2D eigenvalue weighted by Crippen LogP contribution is 2.37. The van der Waals surface area contributed by atoms with Gasteiger partial charge in [-0.25, -0.2) is 4.98 Å². The van der Waals surface area contributed by atoms with Gasteiger partial charge in [0.1, 0.15) is 5.65 Å². The van der Waals surface area contributed by atoms with Gasteiger partial charge in [0.05, 0.1) is 39.7 Å². The van der Waals surface area contributed by atoms with E-state index in [1.54, 1.807) is 65.0 Å². The van der Waals surface area contributed by atoms with E-state index in [1.165, 1.54) is 4.40 Å². The molecule has 31 heavy (non-hydrogen) atoms. The molecular weight excluding hydrogens is 396 g/mol. The van der Waals surface area contributed by atoms with E-state index in [4.69, 9.17) is 23.9 Å². The maximum Gasteiger partial charge on any atom is 0.266 e. The molecule has 0 aliphatic carbocycles. The van der Waals surface area contributed by atoms with E-state index in [0.717, 1.165) is 5.56 Å². The largest absolute Gasteiger partial charge is 0.493 e. The van der Waals surface area contributed by atoms with Crippen molar-refractivity contribution in [1.29, 1.82) is 0 Å². The van der Waals surface area contributed by atoms with E-state index in [1.807, 2.05) is 24.3 Å². The van der Waals surface area contributed by atoms with Crippen LogP contribution in [0.3, 0.4) is 0 Å². The third-order valence-corrected chi connectivity index (χ3v) is 5.06. The minimum Gasteiger partial charge on any atom is -0.493 e. The Morgan fingerprint density at radius 1 is 0.710 bits per heavy atom. The van der Waals surface area contributed by atoms with Gasteiger partial charge in [0.15, 0.2) is 23.0 Å². The van der Waals surface area contributed by atoms with Crippen molar-refractivity contribution in [3.63, 3.8) is 0 Å². The monoisotopic (exact) mass is 418 g/mol. The molecule has 7 heteroatoms. The van der Waals surface area contributed by atoms with Gasteiger partial charge in [0.25, 0.3) is 5.56 Å². The number of fused-ring (bicyclic) bond motifs is 1. The average molecular weight is 418 g/mol. The molecule has 158 valence electrons. The van der Waals surface area contributed by atoms with Gasteiger partial charge in [-0.3, -0.25) is 9.20 Å². The molecule has 0 aliphatic heterocycles. The van der Waals surface area contributed by atoms with Gasteiger partial charge >= 0.3 is 0 Å². The number of hydrogen-bond acceptors (Lipinski definition) is 6. The van der Waals surface area contributed by atoms with Crippen LogP contribution in [0.5, 0.6) is 23.0 Å². The van der Waals surface area contributed by atoms with Gasteiger partial charge in [0.2, 0.25) is 0 Å². The highest BCUT2D eigenvalue weighted by Gasteiger charge is 2.19. The zero-order chi connectivity index (χ0) is 22.0. The zero-order valence-electron chi connectivity index (χ0n) is 17.7. The summed E-state index contributed by atoms with van der Waals surface area (Å²) in [4.78, 5) is 18.4. The Labute approximate surface area is 179 Å². The minimum absolute atomic E-state index is 0.192. The van der Waals surface area contributed by atoms with E-state index < -0.39 is 0 Å². The summed E-state index contributed by atoms with van der Waals surface area (Å²) in [6, 6.07) is 16.3. The Bertz CT molecular complexity index is 1310. The Balaban J connectivity index is 2.05. The fourth-order valence-electron chi connectivity index (χ4n) is 3.53. The molecule has 2 heterocycles. The van der Waals surface area contributed by atoms with E-state index in [0.29, 0.717) is 45.5 Å². The molecule has 7 nitrogen and oxygen atoms in total. The summed E-state index contributed by atoms with van der Waals surface area (Å²) in [7, 11) is 6.27. The number of rotatable bonds is 6. The van der Waals surface area contributed by atoms with Crippen molar-refractivity contribution in [2.24, 2.45) is 0 Å². The van der Waals surface area contributed by atoms with Crippen molar-refractivity contribution in [3.8, 4) is 45.4 Å². The van der Waals surface area contributed by atoms with Crippen LogP contribution in [0.2, 0.25) is 0 Å². The molecule has 4 aromatic rings. The van der Waals surface area contributed by atoms with Crippen molar-refractivity contribution in [1.82, 2.24) is 9.38 Å². The molecule has 2 aromatic carbocycles. The summed E-state index contributed by atoms with van der Waals surface area (Å²) in [6.07, 6.45) is 1.70. The zero-order valence-corrected chi connectivity index (χ0v) is 17.7. The predicted octanol–water partition coefficient (Wildman–Crippen LogP) is 4.06. The fraction of sp³-hybridized carbons (Fsp3) is 0.167. The van der Waals surface area contributed by atoms with Gasteiger partial charge < -0.3 is 18.9 Å². The minimum atomic E-state index is -0.192. The summed E-state index contributed by atoms with van der Waals surface area (Å²) >= 11 is 0. The topological polar surface area (TPSA) is 71.3 Å². The Kier molecular flexibility index (Phi) is 5.49. The first-order valence-corrected chi connectivity index (χ1v) is 9.57. The summed E-state index contributed by atoms with van der Waals surface area (Å²) in [5.41, 5.74) is 2.72. The van der Waals surface area contributed by atoms with Crippen LogP contribution >= 0.6 is 0 Å². The lowest BCUT2D eigenvalue weighted by Crippen LogP contribution is -2.18.